The number of nitriles is 1. The molecule has 0 unspecified atom stereocenters. The smallest absolute Gasteiger partial charge is 0.221 e. The summed E-state index contributed by atoms with van der Waals surface area (Å²) < 4.78 is 0. The number of nitrogens with zero attached hydrogens (tertiary/aromatic N) is 3. The van der Waals surface area contributed by atoms with E-state index in [2.05, 4.69) is 48.4 Å². The van der Waals surface area contributed by atoms with E-state index in [0.717, 1.165) is 11.1 Å². The van der Waals surface area contributed by atoms with E-state index >= 15 is 0 Å². The molecule has 0 saturated heterocycles. The van der Waals surface area contributed by atoms with Crippen molar-refractivity contribution in [1.82, 2.24) is 9.97 Å². The molecule has 1 heterocycles. The molecule has 0 saturated carbocycles. The van der Waals surface area contributed by atoms with E-state index in [1.165, 1.54) is 8.93 Å². The van der Waals surface area contributed by atoms with E-state index in [0.29, 0.717) is 17.0 Å². The van der Waals surface area contributed by atoms with Crippen LogP contribution in [-0.4, -0.2) is 9.97 Å². The van der Waals surface area contributed by atoms with Crippen molar-refractivity contribution in [2.45, 2.75) is 20.8 Å². The first kappa shape index (κ1) is 18.3. The van der Waals surface area contributed by atoms with Crippen molar-refractivity contribution in [1.29, 1.82) is 5.26 Å². The van der Waals surface area contributed by atoms with Crippen molar-refractivity contribution in [3.63, 3.8) is 0 Å². The average molecular weight is 422 g/mol. The van der Waals surface area contributed by atoms with Gasteiger partial charge in [-0.15, -0.1) is 0 Å². The van der Waals surface area contributed by atoms with Crippen LogP contribution in [0.1, 0.15) is 30.7 Å². The van der Waals surface area contributed by atoms with Crippen LogP contribution in [0.2, 0.25) is 0 Å². The second-order valence-corrected chi connectivity index (χ2v) is 5.57. The van der Waals surface area contributed by atoms with Crippen LogP contribution in [0.4, 0.5) is 5.95 Å². The largest absolute Gasteiger partial charge is 0.368 e. The zero-order valence-electron chi connectivity index (χ0n) is 12.5. The van der Waals surface area contributed by atoms with Crippen molar-refractivity contribution >= 4 is 36.1 Å². The van der Waals surface area contributed by atoms with Gasteiger partial charge in [0.25, 0.3) is 0 Å². The number of hydrogen-bond donors (Lipinski definition) is 1. The highest BCUT2D eigenvalue weighted by molar-refractivity contribution is 14.2. The van der Waals surface area contributed by atoms with E-state index in [9.17, 15) is 0 Å². The molecule has 0 atom stereocenters. The SMILES string of the molecule is CC.Cc1c(C#N)cccc1-c1cc(C#CSI)nc(N)n1. The molecule has 1 aromatic heterocycles. The van der Waals surface area contributed by atoms with E-state index in [4.69, 9.17) is 11.0 Å². The number of nitrogens with two attached hydrogens (primary N) is 1. The third-order valence-electron chi connectivity index (χ3n) is 2.69. The Kier molecular flexibility index (Phi) is 7.72. The molecule has 0 aliphatic heterocycles. The molecule has 1 aromatic carbocycles. The van der Waals surface area contributed by atoms with Crippen LogP contribution in [-0.2, 0) is 0 Å². The highest BCUT2D eigenvalue weighted by Crippen LogP contribution is 2.24. The molecule has 0 aliphatic rings. The lowest BCUT2D eigenvalue weighted by atomic mass is 10.0. The molecule has 2 N–H and O–H groups in total. The van der Waals surface area contributed by atoms with Gasteiger partial charge in [-0.3, -0.25) is 0 Å². The Hall–Kier alpha value is -1.77. The number of rotatable bonds is 1. The summed E-state index contributed by atoms with van der Waals surface area (Å²) in [6.45, 7) is 5.89. The second-order valence-electron chi connectivity index (χ2n) is 3.89. The highest BCUT2D eigenvalue weighted by Gasteiger charge is 2.09. The van der Waals surface area contributed by atoms with E-state index < -0.39 is 0 Å². The summed E-state index contributed by atoms with van der Waals surface area (Å²) >= 11 is 2.09. The maximum absolute atomic E-state index is 9.08. The van der Waals surface area contributed by atoms with Crippen LogP contribution in [0.3, 0.4) is 0 Å². The molecule has 2 aromatic rings. The minimum Gasteiger partial charge on any atom is -0.368 e. The number of aromatic nitrogens is 2. The number of hydrogen-bond acceptors (Lipinski definition) is 5. The Morgan fingerprint density at radius 1 is 1.27 bits per heavy atom. The average Bonchev–Trinajstić information content (AvgIpc) is 2.54. The maximum Gasteiger partial charge on any atom is 0.221 e. The molecule has 6 heteroatoms. The van der Waals surface area contributed by atoms with Crippen molar-refractivity contribution in [2.24, 2.45) is 0 Å². The predicted octanol–water partition coefficient (Wildman–Crippen LogP) is 4.32. The van der Waals surface area contributed by atoms with Crippen LogP contribution in [0.25, 0.3) is 11.3 Å². The first-order valence-electron chi connectivity index (χ1n) is 6.59. The standard InChI is InChI=1S/C14H9IN4S.C2H6/c1-9-10(8-16)3-2-4-12(9)13-7-11(5-6-20-15)18-14(17)19-13;1-2/h2-4,7H,1H3,(H2,17,18,19);1-2H3. The zero-order valence-corrected chi connectivity index (χ0v) is 15.5. The molecule has 0 spiro atoms. The Morgan fingerprint density at radius 2 is 2.00 bits per heavy atom. The molecule has 0 fully saturated rings. The van der Waals surface area contributed by atoms with E-state index in [1.54, 1.807) is 12.1 Å². The molecule has 0 bridgehead atoms. The molecule has 0 amide bonds. The lowest BCUT2D eigenvalue weighted by Crippen LogP contribution is -2.00. The quantitative estimate of drug-likeness (QED) is 0.547. The fourth-order valence-corrected chi connectivity index (χ4v) is 2.25. The van der Waals surface area contributed by atoms with E-state index in [-0.39, 0.29) is 5.95 Å². The third-order valence-corrected chi connectivity index (χ3v) is 3.53. The van der Waals surface area contributed by atoms with Crippen molar-refractivity contribution in [3.05, 3.63) is 41.1 Å². The van der Waals surface area contributed by atoms with Crippen molar-refractivity contribution in [3.8, 4) is 28.5 Å². The monoisotopic (exact) mass is 422 g/mol. The summed E-state index contributed by atoms with van der Waals surface area (Å²) in [6, 6.07) is 9.44. The van der Waals surface area contributed by atoms with Crippen LogP contribution < -0.4 is 5.73 Å². The van der Waals surface area contributed by atoms with Gasteiger partial charge in [0.1, 0.15) is 5.69 Å². The van der Waals surface area contributed by atoms with Gasteiger partial charge in [0, 0.05) is 26.8 Å². The number of nitrogen functional groups attached to an aromatic ring is 1. The minimum atomic E-state index is 0.173. The molecule has 4 nitrogen and oxygen atoms in total. The highest BCUT2D eigenvalue weighted by atomic mass is 127. The van der Waals surface area contributed by atoms with Gasteiger partial charge in [0.15, 0.2) is 0 Å². The van der Waals surface area contributed by atoms with Crippen LogP contribution >= 0.6 is 30.1 Å². The molecule has 2 rings (SSSR count). The van der Waals surface area contributed by atoms with Gasteiger partial charge < -0.3 is 5.73 Å². The maximum atomic E-state index is 9.08. The lowest BCUT2D eigenvalue weighted by Gasteiger charge is -2.07. The first-order valence-corrected chi connectivity index (χ1v) is 9.95. The molecule has 0 radical (unpaired) electrons. The fourth-order valence-electron chi connectivity index (χ4n) is 1.77. The number of anilines is 1. The predicted molar refractivity (Wildman–Crippen MR) is 101 cm³/mol. The lowest BCUT2D eigenvalue weighted by molar-refractivity contribution is 1.16. The van der Waals surface area contributed by atoms with Gasteiger partial charge in [-0.25, -0.2) is 9.97 Å². The Bertz CT molecular complexity index is 757. The molecular formula is C16H15IN4S. The Labute approximate surface area is 147 Å². The van der Waals surface area contributed by atoms with Gasteiger partial charge >= 0.3 is 0 Å². The minimum absolute atomic E-state index is 0.173. The summed E-state index contributed by atoms with van der Waals surface area (Å²) in [5, 5.41) is 11.9. The molecule has 0 aliphatic carbocycles. The summed E-state index contributed by atoms with van der Waals surface area (Å²) in [5.74, 6) is 3.08. The van der Waals surface area contributed by atoms with Gasteiger partial charge in [-0.05, 0) is 44.7 Å². The normalized spacial score (nSPS) is 8.86. The second kappa shape index (κ2) is 9.29. The number of benzene rings is 1. The van der Waals surface area contributed by atoms with Crippen LogP contribution in [0.15, 0.2) is 24.3 Å². The van der Waals surface area contributed by atoms with Gasteiger partial charge in [0.05, 0.1) is 17.3 Å². The topological polar surface area (TPSA) is 75.6 Å². The fraction of sp³-hybridized carbons (Fsp3) is 0.188. The van der Waals surface area contributed by atoms with Gasteiger partial charge in [-0.1, -0.05) is 26.0 Å². The first-order chi connectivity index (χ1) is 10.7. The Morgan fingerprint density at radius 3 is 2.64 bits per heavy atom. The summed E-state index contributed by atoms with van der Waals surface area (Å²) in [7, 11) is 1.38. The summed E-state index contributed by atoms with van der Waals surface area (Å²) in [6.07, 6.45) is 0. The zero-order chi connectivity index (χ0) is 16.5. The van der Waals surface area contributed by atoms with Gasteiger partial charge in [0.2, 0.25) is 5.95 Å². The van der Waals surface area contributed by atoms with Gasteiger partial charge in [-0.2, -0.15) is 5.26 Å². The number of halogens is 1. The Balaban J connectivity index is 0.00000116. The summed E-state index contributed by atoms with van der Waals surface area (Å²) in [4.78, 5) is 8.31. The van der Waals surface area contributed by atoms with E-state index in [1.807, 2.05) is 32.9 Å². The molecular weight excluding hydrogens is 407 g/mol. The van der Waals surface area contributed by atoms with Crippen LogP contribution in [0, 0.1) is 29.4 Å². The molecule has 112 valence electrons. The van der Waals surface area contributed by atoms with Crippen molar-refractivity contribution in [2.75, 3.05) is 5.73 Å². The summed E-state index contributed by atoms with van der Waals surface area (Å²) in [5.41, 5.74) is 9.32. The van der Waals surface area contributed by atoms with Crippen molar-refractivity contribution < 1.29 is 0 Å². The molecule has 22 heavy (non-hydrogen) atoms. The third kappa shape index (κ3) is 4.62. The van der Waals surface area contributed by atoms with Crippen LogP contribution in [0.5, 0.6) is 0 Å².